The Hall–Kier alpha value is -2.95. The number of nitrogens with one attached hydrogen (secondary N) is 3. The van der Waals surface area contributed by atoms with Crippen molar-refractivity contribution in [2.75, 3.05) is 5.32 Å². The first-order valence-electron chi connectivity index (χ1n) is 8.29. The molecule has 0 atom stereocenters. The molecule has 3 N–H and O–H groups in total. The minimum atomic E-state index is -0.518. The van der Waals surface area contributed by atoms with Crippen molar-refractivity contribution in [3.63, 3.8) is 0 Å². The Kier molecular flexibility index (Phi) is 4.65. The van der Waals surface area contributed by atoms with Crippen molar-refractivity contribution in [2.45, 2.75) is 32.3 Å². The van der Waals surface area contributed by atoms with Crippen molar-refractivity contribution < 1.29 is 9.53 Å². The van der Waals surface area contributed by atoms with Gasteiger partial charge in [0.25, 0.3) is 0 Å². The predicted octanol–water partition coefficient (Wildman–Crippen LogP) is 4.87. The molecule has 130 valence electrons. The second-order valence-corrected chi connectivity index (χ2v) is 6.93. The van der Waals surface area contributed by atoms with Crippen molar-refractivity contribution >= 4 is 11.8 Å². The van der Waals surface area contributed by atoms with E-state index in [9.17, 15) is 4.79 Å². The zero-order valence-electron chi connectivity index (χ0n) is 14.7. The molecule has 5 nitrogen and oxygen atoms in total. The highest BCUT2D eigenvalue weighted by Gasteiger charge is 2.19. The molecule has 0 saturated carbocycles. The number of anilines is 1. The van der Waals surface area contributed by atoms with Crippen LogP contribution in [0.1, 0.15) is 43.6 Å². The summed E-state index contributed by atoms with van der Waals surface area (Å²) in [5.41, 5.74) is 3.52. The summed E-state index contributed by atoms with van der Waals surface area (Å²) in [5, 5.41) is 2.76. The van der Waals surface area contributed by atoms with E-state index in [1.807, 2.05) is 69.6 Å². The lowest BCUT2D eigenvalue weighted by Crippen LogP contribution is -2.27. The van der Waals surface area contributed by atoms with Crippen LogP contribution in [-0.2, 0) is 4.74 Å². The Morgan fingerprint density at radius 2 is 1.52 bits per heavy atom. The summed E-state index contributed by atoms with van der Waals surface area (Å²) in [4.78, 5) is 18.5. The number of benzene rings is 1. The maximum atomic E-state index is 11.9. The summed E-state index contributed by atoms with van der Waals surface area (Å²) >= 11 is 0. The molecular weight excluding hydrogens is 314 g/mol. The Labute approximate surface area is 147 Å². The number of ether oxygens (including phenoxy) is 1. The zero-order valence-corrected chi connectivity index (χ0v) is 14.7. The molecule has 3 aromatic rings. The first kappa shape index (κ1) is 16.9. The number of hydrogen-bond donors (Lipinski definition) is 3. The van der Waals surface area contributed by atoms with Gasteiger partial charge in [0, 0.05) is 29.5 Å². The van der Waals surface area contributed by atoms with Crippen LogP contribution in [0, 0.1) is 0 Å². The standard InChI is InChI=1S/C20H23N3O2/c1-20(2,3)25-19(24)23-15-10-8-14(9-11-15)18(16-6-4-12-21-16)17-7-5-13-22-17/h4-13,18,21-22H,1-3H3,(H,23,24). The molecule has 0 fully saturated rings. The molecule has 2 heterocycles. The summed E-state index contributed by atoms with van der Waals surface area (Å²) < 4.78 is 5.28. The topological polar surface area (TPSA) is 69.9 Å². The lowest BCUT2D eigenvalue weighted by atomic mass is 9.92. The van der Waals surface area contributed by atoms with Crippen molar-refractivity contribution in [2.24, 2.45) is 0 Å². The van der Waals surface area contributed by atoms with E-state index in [-0.39, 0.29) is 5.92 Å². The van der Waals surface area contributed by atoms with E-state index in [0.29, 0.717) is 5.69 Å². The van der Waals surface area contributed by atoms with Gasteiger partial charge in [0.2, 0.25) is 0 Å². The Morgan fingerprint density at radius 1 is 0.960 bits per heavy atom. The van der Waals surface area contributed by atoms with Crippen LogP contribution in [0.3, 0.4) is 0 Å². The van der Waals surface area contributed by atoms with Crippen LogP contribution in [0.4, 0.5) is 10.5 Å². The normalized spacial score (nSPS) is 11.5. The molecule has 2 aromatic heterocycles. The summed E-state index contributed by atoms with van der Waals surface area (Å²) in [7, 11) is 0. The van der Waals surface area contributed by atoms with Gasteiger partial charge in [-0.15, -0.1) is 0 Å². The van der Waals surface area contributed by atoms with Crippen LogP contribution < -0.4 is 5.32 Å². The minimum absolute atomic E-state index is 0.0839. The van der Waals surface area contributed by atoms with Crippen LogP contribution in [0.15, 0.2) is 60.9 Å². The third-order valence-corrected chi connectivity index (χ3v) is 3.76. The number of carbonyl (C=O) groups excluding carboxylic acids is 1. The molecule has 0 saturated heterocycles. The predicted molar refractivity (Wildman–Crippen MR) is 98.8 cm³/mol. The van der Waals surface area contributed by atoms with Gasteiger partial charge in [-0.05, 0) is 62.7 Å². The van der Waals surface area contributed by atoms with Crippen LogP contribution in [0.5, 0.6) is 0 Å². The van der Waals surface area contributed by atoms with Gasteiger partial charge in [0.15, 0.2) is 0 Å². The zero-order chi connectivity index (χ0) is 17.9. The number of amides is 1. The van der Waals surface area contributed by atoms with Crippen LogP contribution in [0.25, 0.3) is 0 Å². The molecule has 0 spiro atoms. The fourth-order valence-corrected chi connectivity index (χ4v) is 2.75. The molecule has 0 aliphatic heterocycles. The molecule has 0 bridgehead atoms. The number of hydrogen-bond acceptors (Lipinski definition) is 2. The minimum Gasteiger partial charge on any atom is -0.444 e. The summed E-state index contributed by atoms with van der Waals surface area (Å²) in [6, 6.07) is 15.9. The quantitative estimate of drug-likeness (QED) is 0.635. The van der Waals surface area contributed by atoms with Gasteiger partial charge in [-0.3, -0.25) is 5.32 Å². The van der Waals surface area contributed by atoms with E-state index in [0.717, 1.165) is 17.0 Å². The molecule has 0 aliphatic carbocycles. The highest BCUT2D eigenvalue weighted by Crippen LogP contribution is 2.30. The lowest BCUT2D eigenvalue weighted by molar-refractivity contribution is 0.0636. The summed E-state index contributed by atoms with van der Waals surface area (Å²) in [5.74, 6) is 0.0839. The average Bonchev–Trinajstić information content (AvgIpc) is 3.21. The molecule has 1 aromatic carbocycles. The van der Waals surface area contributed by atoms with E-state index in [2.05, 4.69) is 27.4 Å². The van der Waals surface area contributed by atoms with Crippen LogP contribution in [-0.4, -0.2) is 21.7 Å². The first-order chi connectivity index (χ1) is 11.9. The number of H-pyrrole nitrogens is 2. The monoisotopic (exact) mass is 337 g/mol. The largest absolute Gasteiger partial charge is 0.444 e. The third kappa shape index (κ3) is 4.32. The fourth-order valence-electron chi connectivity index (χ4n) is 2.75. The molecule has 0 aliphatic rings. The van der Waals surface area contributed by atoms with E-state index in [1.165, 1.54) is 0 Å². The number of rotatable bonds is 4. The van der Waals surface area contributed by atoms with E-state index in [1.54, 1.807) is 0 Å². The highest BCUT2D eigenvalue weighted by molar-refractivity contribution is 5.84. The second-order valence-electron chi connectivity index (χ2n) is 6.93. The fraction of sp³-hybridized carbons (Fsp3) is 0.250. The van der Waals surface area contributed by atoms with E-state index in [4.69, 9.17) is 4.74 Å². The number of carbonyl (C=O) groups is 1. The van der Waals surface area contributed by atoms with Gasteiger partial charge >= 0.3 is 6.09 Å². The van der Waals surface area contributed by atoms with Gasteiger partial charge in [-0.1, -0.05) is 12.1 Å². The van der Waals surface area contributed by atoms with Crippen molar-refractivity contribution in [1.82, 2.24) is 9.97 Å². The number of aromatic amines is 2. The third-order valence-electron chi connectivity index (χ3n) is 3.76. The van der Waals surface area contributed by atoms with Crippen LogP contribution >= 0.6 is 0 Å². The molecule has 25 heavy (non-hydrogen) atoms. The SMILES string of the molecule is CC(C)(C)OC(=O)Nc1ccc(C(c2ccc[nH]2)c2ccc[nH]2)cc1. The highest BCUT2D eigenvalue weighted by atomic mass is 16.6. The van der Waals surface area contributed by atoms with Gasteiger partial charge < -0.3 is 14.7 Å². The smallest absolute Gasteiger partial charge is 0.412 e. The summed E-state index contributed by atoms with van der Waals surface area (Å²) in [6.07, 6.45) is 3.39. The van der Waals surface area contributed by atoms with Gasteiger partial charge in [0.05, 0.1) is 5.92 Å². The van der Waals surface area contributed by atoms with E-state index < -0.39 is 11.7 Å². The van der Waals surface area contributed by atoms with Crippen molar-refractivity contribution in [3.8, 4) is 0 Å². The maximum absolute atomic E-state index is 11.9. The molecule has 0 unspecified atom stereocenters. The summed E-state index contributed by atoms with van der Waals surface area (Å²) in [6.45, 7) is 5.52. The van der Waals surface area contributed by atoms with Gasteiger partial charge in [-0.25, -0.2) is 4.79 Å². The van der Waals surface area contributed by atoms with E-state index >= 15 is 0 Å². The first-order valence-corrected chi connectivity index (χ1v) is 8.29. The maximum Gasteiger partial charge on any atom is 0.412 e. The molecule has 0 radical (unpaired) electrons. The average molecular weight is 337 g/mol. The molecule has 1 amide bonds. The Balaban J connectivity index is 1.79. The second kappa shape index (κ2) is 6.89. The lowest BCUT2D eigenvalue weighted by Gasteiger charge is -2.20. The van der Waals surface area contributed by atoms with Crippen molar-refractivity contribution in [1.29, 1.82) is 0 Å². The van der Waals surface area contributed by atoms with Gasteiger partial charge in [0.1, 0.15) is 5.60 Å². The molecule has 3 rings (SSSR count). The van der Waals surface area contributed by atoms with Gasteiger partial charge in [-0.2, -0.15) is 0 Å². The van der Waals surface area contributed by atoms with Crippen LogP contribution in [0.2, 0.25) is 0 Å². The molecular formula is C20H23N3O2. The number of aromatic nitrogens is 2. The molecule has 5 heteroatoms. The van der Waals surface area contributed by atoms with Crippen molar-refractivity contribution in [3.05, 3.63) is 77.9 Å². The Morgan fingerprint density at radius 3 is 1.96 bits per heavy atom. The Bertz CT molecular complexity index is 764.